The maximum atomic E-state index is 11.1. The molecular formula is C13H16O4. The first-order chi connectivity index (χ1) is 7.89. The number of carboxylic acid groups (broad SMARTS) is 1. The number of carboxylic acids is 1. The molecule has 2 N–H and O–H groups in total. The highest BCUT2D eigenvalue weighted by molar-refractivity contribution is 5.78. The number of ether oxygens (including phenoxy) is 1. The molecule has 2 unspecified atom stereocenters. The van der Waals surface area contributed by atoms with Crippen LogP contribution in [0.1, 0.15) is 25.3 Å². The van der Waals surface area contributed by atoms with Gasteiger partial charge in [0.05, 0.1) is 13.0 Å². The lowest BCUT2D eigenvalue weighted by Crippen LogP contribution is -2.03. The van der Waals surface area contributed by atoms with Crippen molar-refractivity contribution in [2.45, 2.75) is 19.8 Å². The third-order valence-electron chi connectivity index (χ3n) is 3.67. The summed E-state index contributed by atoms with van der Waals surface area (Å²) in [7, 11) is 1.52. The highest BCUT2D eigenvalue weighted by Crippen LogP contribution is 2.65. The first-order valence-corrected chi connectivity index (χ1v) is 5.49. The summed E-state index contributed by atoms with van der Waals surface area (Å²) in [6.07, 6.45) is 0. The zero-order valence-corrected chi connectivity index (χ0v) is 10.1. The molecule has 4 nitrogen and oxygen atoms in total. The largest absolute Gasteiger partial charge is 0.508 e. The number of phenolic OH excluding ortho intramolecular Hbond substituents is 1. The number of aliphatic carboxylic acids is 1. The second-order valence-corrected chi connectivity index (χ2v) is 5.04. The zero-order valence-electron chi connectivity index (χ0n) is 10.1. The molecule has 0 bridgehead atoms. The molecule has 1 saturated carbocycles. The molecule has 0 amide bonds. The number of aromatic hydroxyl groups is 1. The minimum Gasteiger partial charge on any atom is -0.508 e. The molecular weight excluding hydrogens is 220 g/mol. The van der Waals surface area contributed by atoms with Gasteiger partial charge in [0.25, 0.3) is 0 Å². The second-order valence-electron chi connectivity index (χ2n) is 5.04. The number of benzene rings is 1. The van der Waals surface area contributed by atoms with E-state index in [0.29, 0.717) is 11.3 Å². The van der Waals surface area contributed by atoms with Crippen molar-refractivity contribution in [1.82, 2.24) is 0 Å². The number of hydrogen-bond donors (Lipinski definition) is 2. The van der Waals surface area contributed by atoms with Gasteiger partial charge in [-0.15, -0.1) is 0 Å². The van der Waals surface area contributed by atoms with E-state index in [2.05, 4.69) is 0 Å². The molecule has 92 valence electrons. The lowest BCUT2D eigenvalue weighted by Gasteiger charge is -2.07. The van der Waals surface area contributed by atoms with E-state index >= 15 is 0 Å². The minimum atomic E-state index is -0.810. The predicted molar refractivity (Wildman–Crippen MR) is 62.3 cm³/mol. The van der Waals surface area contributed by atoms with Gasteiger partial charge < -0.3 is 14.9 Å². The molecule has 0 aromatic heterocycles. The van der Waals surface area contributed by atoms with Gasteiger partial charge in [0.1, 0.15) is 11.5 Å². The molecule has 1 aromatic rings. The predicted octanol–water partition coefficient (Wildman–Crippen LogP) is 2.23. The molecule has 1 fully saturated rings. The van der Waals surface area contributed by atoms with E-state index in [1.165, 1.54) is 13.2 Å². The highest BCUT2D eigenvalue weighted by atomic mass is 16.5. The maximum absolute atomic E-state index is 11.1. The summed E-state index contributed by atoms with van der Waals surface area (Å²) in [6.45, 7) is 3.81. The summed E-state index contributed by atoms with van der Waals surface area (Å²) in [5.74, 6) is -0.703. The maximum Gasteiger partial charge on any atom is 0.307 e. The van der Waals surface area contributed by atoms with Crippen LogP contribution in [0.4, 0.5) is 0 Å². The fraction of sp³-hybridized carbons (Fsp3) is 0.462. The number of rotatable bonds is 3. The number of phenols is 1. The Kier molecular flexibility index (Phi) is 2.53. The van der Waals surface area contributed by atoms with Crippen molar-refractivity contribution in [1.29, 1.82) is 0 Å². The Morgan fingerprint density at radius 1 is 1.41 bits per heavy atom. The lowest BCUT2D eigenvalue weighted by atomic mass is 10.0. The summed E-state index contributed by atoms with van der Waals surface area (Å²) >= 11 is 0. The van der Waals surface area contributed by atoms with Crippen molar-refractivity contribution in [3.63, 3.8) is 0 Å². The Morgan fingerprint density at radius 2 is 2.06 bits per heavy atom. The Morgan fingerprint density at radius 3 is 2.47 bits per heavy atom. The van der Waals surface area contributed by atoms with Crippen LogP contribution >= 0.6 is 0 Å². The first kappa shape index (κ1) is 11.8. The van der Waals surface area contributed by atoms with E-state index in [-0.39, 0.29) is 17.1 Å². The third kappa shape index (κ3) is 1.73. The van der Waals surface area contributed by atoms with Gasteiger partial charge in [0.15, 0.2) is 0 Å². The second kappa shape index (κ2) is 3.65. The van der Waals surface area contributed by atoms with Crippen molar-refractivity contribution in [3.8, 4) is 11.5 Å². The number of carbonyl (C=O) groups is 1. The van der Waals surface area contributed by atoms with E-state index in [0.717, 1.165) is 0 Å². The average molecular weight is 236 g/mol. The third-order valence-corrected chi connectivity index (χ3v) is 3.67. The van der Waals surface area contributed by atoms with Crippen molar-refractivity contribution in [2.75, 3.05) is 7.11 Å². The Bertz CT molecular complexity index is 464. The van der Waals surface area contributed by atoms with Crippen LogP contribution in [-0.2, 0) is 4.79 Å². The van der Waals surface area contributed by atoms with Crippen molar-refractivity contribution in [2.24, 2.45) is 11.3 Å². The average Bonchev–Trinajstić information content (AvgIpc) is 2.81. The van der Waals surface area contributed by atoms with Crippen molar-refractivity contribution < 1.29 is 19.7 Å². The van der Waals surface area contributed by atoms with Gasteiger partial charge in [-0.05, 0) is 17.0 Å². The number of hydrogen-bond acceptors (Lipinski definition) is 3. The van der Waals surface area contributed by atoms with Crippen LogP contribution in [0.5, 0.6) is 11.5 Å². The van der Waals surface area contributed by atoms with E-state index in [1.54, 1.807) is 12.1 Å². The molecule has 2 atom stereocenters. The van der Waals surface area contributed by atoms with Gasteiger partial charge >= 0.3 is 5.97 Å². The van der Waals surface area contributed by atoms with Crippen LogP contribution in [-0.4, -0.2) is 23.3 Å². The Hall–Kier alpha value is -1.71. The SMILES string of the molecule is COc1ccc(C2C(C(=O)O)C2(C)C)c(O)c1. The lowest BCUT2D eigenvalue weighted by molar-refractivity contribution is -0.139. The molecule has 0 aliphatic heterocycles. The summed E-state index contributed by atoms with van der Waals surface area (Å²) < 4.78 is 5.00. The van der Waals surface area contributed by atoms with Gasteiger partial charge in [-0.25, -0.2) is 0 Å². The van der Waals surface area contributed by atoms with Gasteiger partial charge in [-0.2, -0.15) is 0 Å². The fourth-order valence-corrected chi connectivity index (χ4v) is 2.59. The first-order valence-electron chi connectivity index (χ1n) is 5.49. The molecule has 0 radical (unpaired) electrons. The van der Waals surface area contributed by atoms with Gasteiger partial charge in [0, 0.05) is 12.0 Å². The van der Waals surface area contributed by atoms with E-state index < -0.39 is 11.9 Å². The molecule has 1 aromatic carbocycles. The van der Waals surface area contributed by atoms with E-state index in [4.69, 9.17) is 9.84 Å². The van der Waals surface area contributed by atoms with Crippen LogP contribution in [0.25, 0.3) is 0 Å². The van der Waals surface area contributed by atoms with Crippen LogP contribution in [0.3, 0.4) is 0 Å². The topological polar surface area (TPSA) is 66.8 Å². The normalized spacial score (nSPS) is 25.4. The molecule has 0 spiro atoms. The van der Waals surface area contributed by atoms with Gasteiger partial charge in [-0.1, -0.05) is 19.9 Å². The number of methoxy groups -OCH3 is 1. The molecule has 2 rings (SSSR count). The standard InChI is InChI=1S/C13H16O4/c1-13(2)10(11(13)12(15)16)8-5-4-7(17-3)6-9(8)14/h4-6,10-11,14H,1-3H3,(H,15,16). The summed E-state index contributed by atoms with van der Waals surface area (Å²) in [6, 6.07) is 4.99. The smallest absolute Gasteiger partial charge is 0.307 e. The van der Waals surface area contributed by atoms with Crippen LogP contribution in [0.2, 0.25) is 0 Å². The molecule has 1 aliphatic carbocycles. The van der Waals surface area contributed by atoms with Gasteiger partial charge in [0.2, 0.25) is 0 Å². The highest BCUT2D eigenvalue weighted by Gasteiger charge is 2.63. The molecule has 4 heteroatoms. The zero-order chi connectivity index (χ0) is 12.8. The minimum absolute atomic E-state index is 0.103. The van der Waals surface area contributed by atoms with Crippen LogP contribution < -0.4 is 4.74 Å². The fourth-order valence-electron chi connectivity index (χ4n) is 2.59. The monoisotopic (exact) mass is 236 g/mol. The van der Waals surface area contributed by atoms with E-state index in [9.17, 15) is 9.90 Å². The molecule has 0 heterocycles. The summed E-state index contributed by atoms with van der Waals surface area (Å²) in [5, 5.41) is 19.0. The van der Waals surface area contributed by atoms with Crippen molar-refractivity contribution >= 4 is 5.97 Å². The molecule has 1 aliphatic rings. The van der Waals surface area contributed by atoms with Crippen LogP contribution in [0, 0.1) is 11.3 Å². The Labute approximate surface area is 99.8 Å². The Balaban J connectivity index is 2.34. The van der Waals surface area contributed by atoms with Crippen molar-refractivity contribution in [3.05, 3.63) is 23.8 Å². The van der Waals surface area contributed by atoms with E-state index in [1.807, 2.05) is 13.8 Å². The van der Waals surface area contributed by atoms with Gasteiger partial charge in [-0.3, -0.25) is 4.79 Å². The molecule has 0 saturated heterocycles. The quantitative estimate of drug-likeness (QED) is 0.844. The van der Waals surface area contributed by atoms with Crippen LogP contribution in [0.15, 0.2) is 18.2 Å². The summed E-state index contributed by atoms with van der Waals surface area (Å²) in [5.41, 5.74) is 0.376. The molecule has 17 heavy (non-hydrogen) atoms. The summed E-state index contributed by atoms with van der Waals surface area (Å²) in [4.78, 5) is 11.1.